The van der Waals surface area contributed by atoms with Crippen LogP contribution in [0.3, 0.4) is 0 Å². The van der Waals surface area contributed by atoms with Crippen LogP contribution in [-0.2, 0) is 14.3 Å². The van der Waals surface area contributed by atoms with E-state index in [2.05, 4.69) is 0 Å². The van der Waals surface area contributed by atoms with Crippen LogP contribution in [0, 0.1) is 17.4 Å². The summed E-state index contributed by atoms with van der Waals surface area (Å²) in [5.41, 5.74) is 2.64. The lowest BCUT2D eigenvalue weighted by Gasteiger charge is -2.06. The Morgan fingerprint density at radius 1 is 1.43 bits per heavy atom. The first kappa shape index (κ1) is 11.3. The van der Waals surface area contributed by atoms with Crippen molar-refractivity contribution < 1.29 is 13.0 Å². The first-order chi connectivity index (χ1) is 6.54. The molecule has 0 aromatic heterocycles. The maximum absolute atomic E-state index is 11.0. The average Bonchev–Trinajstić information content (AvgIpc) is 2.01. The molecule has 14 heavy (non-hydrogen) atoms. The average molecular weight is 306 g/mol. The van der Waals surface area contributed by atoms with Crippen molar-refractivity contribution in [3.63, 3.8) is 0 Å². The number of carboxylic acid groups (broad SMARTS) is 1. The van der Waals surface area contributed by atoms with Crippen molar-refractivity contribution in [3.8, 4) is 0 Å². The van der Waals surface area contributed by atoms with Crippen molar-refractivity contribution in [3.05, 3.63) is 32.4 Å². The molecule has 1 aromatic carbocycles. The molecule has 76 valence electrons. The third-order valence-electron chi connectivity index (χ3n) is 1.89. The normalized spacial score (nSPS) is 10.1. The summed E-state index contributed by atoms with van der Waals surface area (Å²) in [6.07, 6.45) is -0.0419. The lowest BCUT2D eigenvalue weighted by molar-refractivity contribution is -0.136. The number of halogens is 1. The van der Waals surface area contributed by atoms with Crippen molar-refractivity contribution in [2.45, 2.75) is 20.3 Å². The molecule has 0 saturated heterocycles. The Kier molecular flexibility index (Phi) is 3.74. The van der Waals surface area contributed by atoms with E-state index in [1.54, 1.807) is 6.07 Å². The van der Waals surface area contributed by atoms with Crippen LogP contribution in [0.2, 0.25) is 0 Å². The largest absolute Gasteiger partial charge is 0.481 e. The fourth-order valence-electron chi connectivity index (χ4n) is 1.44. The van der Waals surface area contributed by atoms with Gasteiger partial charge in [0.15, 0.2) is 21.2 Å². The second kappa shape index (κ2) is 4.63. The van der Waals surface area contributed by atoms with E-state index in [9.17, 15) is 7.86 Å². The zero-order valence-electron chi connectivity index (χ0n) is 8.00. The van der Waals surface area contributed by atoms with Gasteiger partial charge in [0, 0.05) is 0 Å². The fraction of sp³-hybridized carbons (Fsp3) is 0.300. The Hall–Kier alpha value is -0.780. The number of aliphatic carboxylic acids is 1. The van der Waals surface area contributed by atoms with E-state index < -0.39 is 27.2 Å². The van der Waals surface area contributed by atoms with Gasteiger partial charge in [0.1, 0.15) is 0 Å². The highest BCUT2D eigenvalue weighted by Crippen LogP contribution is 2.22. The summed E-state index contributed by atoms with van der Waals surface area (Å²) in [7, 11) is 0. The van der Waals surface area contributed by atoms with Crippen LogP contribution in [-0.4, -0.2) is 11.1 Å². The second-order valence-electron chi connectivity index (χ2n) is 3.20. The minimum atomic E-state index is -1.29. The number of hydrogen-bond donors (Lipinski definition) is 1. The van der Waals surface area contributed by atoms with E-state index in [1.807, 2.05) is 19.9 Å². The number of carboxylic acids is 1. The monoisotopic (exact) mass is 306 g/mol. The molecule has 1 N–H and O–H groups in total. The molecule has 0 spiro atoms. The topological polar surface area (TPSA) is 54.4 Å². The summed E-state index contributed by atoms with van der Waals surface area (Å²) in [6, 6.07) is 3.73. The molecule has 0 heterocycles. The van der Waals surface area contributed by atoms with Gasteiger partial charge in [-0.25, -0.2) is 0 Å². The Morgan fingerprint density at radius 2 is 2.07 bits per heavy atom. The van der Waals surface area contributed by atoms with E-state index in [1.165, 1.54) is 0 Å². The van der Waals surface area contributed by atoms with E-state index >= 15 is 0 Å². The Morgan fingerprint density at radius 3 is 2.57 bits per heavy atom. The number of carbonyl (C=O) groups is 1. The maximum Gasteiger partial charge on any atom is 0.307 e. The molecule has 0 unspecified atom stereocenters. The predicted molar refractivity (Wildman–Crippen MR) is 60.7 cm³/mol. The summed E-state index contributed by atoms with van der Waals surface area (Å²) in [4.78, 5) is 10.6. The van der Waals surface area contributed by atoms with Crippen molar-refractivity contribution in [1.29, 1.82) is 0 Å². The molecule has 0 radical (unpaired) electrons. The third kappa shape index (κ3) is 2.60. The molecule has 1 rings (SSSR count). The Balaban J connectivity index is 3.24. The van der Waals surface area contributed by atoms with Gasteiger partial charge in [-0.1, -0.05) is 17.7 Å². The van der Waals surface area contributed by atoms with Crippen molar-refractivity contribution in [2.24, 2.45) is 0 Å². The molecule has 0 bridgehead atoms. The molecule has 4 heteroatoms. The number of benzene rings is 1. The van der Waals surface area contributed by atoms with Crippen LogP contribution in [0.5, 0.6) is 0 Å². The predicted octanol–water partition coefficient (Wildman–Crippen LogP) is 2.42. The van der Waals surface area contributed by atoms with Gasteiger partial charge >= 0.3 is 5.97 Å². The highest BCUT2D eigenvalue weighted by Gasteiger charge is 2.10. The number of aryl methyl sites for hydroxylation is 2. The van der Waals surface area contributed by atoms with Crippen molar-refractivity contribution >= 4 is 27.2 Å². The third-order valence-corrected chi connectivity index (χ3v) is 3.88. The standard InChI is InChI=1S/C10H11IO3/c1-6-3-7(2)10(11-14)8(4-6)5-9(12)13/h3-4H,5H2,1-2H3,(H,12,13). The summed E-state index contributed by atoms with van der Waals surface area (Å²) < 4.78 is 11.7. The summed E-state index contributed by atoms with van der Waals surface area (Å²) in [5.74, 6) is -0.881. The van der Waals surface area contributed by atoms with E-state index in [4.69, 9.17) is 5.11 Å². The van der Waals surface area contributed by atoms with Gasteiger partial charge in [-0.3, -0.25) is 7.86 Å². The minimum absolute atomic E-state index is 0.0419. The SMILES string of the molecule is Cc1cc(C)c(I=O)c(CC(=O)O)c1. The highest BCUT2D eigenvalue weighted by atomic mass is 127. The van der Waals surface area contributed by atoms with Crippen LogP contribution in [0.1, 0.15) is 16.7 Å². The first-order valence-corrected chi connectivity index (χ1v) is 6.09. The van der Waals surface area contributed by atoms with Gasteiger partial charge < -0.3 is 5.11 Å². The summed E-state index contributed by atoms with van der Waals surface area (Å²) in [5, 5.41) is 8.68. The lowest BCUT2D eigenvalue weighted by Crippen LogP contribution is -2.03. The van der Waals surface area contributed by atoms with E-state index in [0.29, 0.717) is 5.56 Å². The molecule has 0 atom stereocenters. The van der Waals surface area contributed by atoms with Crippen LogP contribution >= 0.6 is 21.2 Å². The van der Waals surface area contributed by atoms with Gasteiger partial charge in [-0.15, -0.1) is 0 Å². The smallest absolute Gasteiger partial charge is 0.307 e. The quantitative estimate of drug-likeness (QED) is 0.873. The van der Waals surface area contributed by atoms with E-state index in [0.717, 1.165) is 14.7 Å². The van der Waals surface area contributed by atoms with Crippen LogP contribution in [0.4, 0.5) is 0 Å². The molecule has 0 amide bonds. The fourth-order valence-corrected chi connectivity index (χ4v) is 2.57. The van der Waals surface area contributed by atoms with Gasteiger partial charge in [-0.2, -0.15) is 0 Å². The first-order valence-electron chi connectivity index (χ1n) is 4.13. The van der Waals surface area contributed by atoms with Crippen LogP contribution in [0.15, 0.2) is 12.1 Å². The highest BCUT2D eigenvalue weighted by molar-refractivity contribution is 14.1. The zero-order chi connectivity index (χ0) is 10.7. The van der Waals surface area contributed by atoms with Crippen molar-refractivity contribution in [2.75, 3.05) is 0 Å². The van der Waals surface area contributed by atoms with Crippen molar-refractivity contribution in [1.82, 2.24) is 0 Å². The molecule has 0 aliphatic heterocycles. The van der Waals surface area contributed by atoms with Gasteiger partial charge in [0.25, 0.3) is 0 Å². The van der Waals surface area contributed by atoms with Gasteiger partial charge in [0.05, 0.1) is 9.99 Å². The Labute approximate surface area is 92.8 Å². The number of rotatable bonds is 3. The molecule has 1 aromatic rings. The maximum atomic E-state index is 11.0. The van der Waals surface area contributed by atoms with Crippen LogP contribution in [0.25, 0.3) is 0 Å². The van der Waals surface area contributed by atoms with E-state index in [-0.39, 0.29) is 6.42 Å². The molecular weight excluding hydrogens is 295 g/mol. The summed E-state index contributed by atoms with van der Waals surface area (Å²) in [6.45, 7) is 3.77. The molecule has 0 aliphatic rings. The molecular formula is C10H11IO3. The Bertz CT molecular complexity index is 385. The lowest BCUT2D eigenvalue weighted by atomic mass is 10.1. The van der Waals surface area contributed by atoms with Gasteiger partial charge in [-0.05, 0) is 25.0 Å². The zero-order valence-corrected chi connectivity index (χ0v) is 10.2. The minimum Gasteiger partial charge on any atom is -0.481 e. The molecule has 0 aliphatic carbocycles. The molecule has 3 nitrogen and oxygen atoms in total. The molecule has 0 fully saturated rings. The van der Waals surface area contributed by atoms with Gasteiger partial charge in [0.2, 0.25) is 0 Å². The summed E-state index contributed by atoms with van der Waals surface area (Å²) >= 11 is -1.29. The molecule has 0 saturated carbocycles. The second-order valence-corrected chi connectivity index (χ2v) is 4.72. The van der Waals surface area contributed by atoms with Crippen LogP contribution < -0.4 is 0 Å². The number of hydrogen-bond acceptors (Lipinski definition) is 2.